The van der Waals surface area contributed by atoms with Crippen molar-refractivity contribution in [1.29, 1.82) is 0 Å². The lowest BCUT2D eigenvalue weighted by Gasteiger charge is -2.15. The molecule has 0 heterocycles. The molecule has 0 unspecified atom stereocenters. The lowest BCUT2D eigenvalue weighted by Crippen LogP contribution is -2.44. The largest absolute Gasteiger partial charge is 0.338 e. The summed E-state index contributed by atoms with van der Waals surface area (Å²) in [5.74, 6) is 0.0987. The summed E-state index contributed by atoms with van der Waals surface area (Å²) in [4.78, 5) is 23.3. The van der Waals surface area contributed by atoms with E-state index in [0.29, 0.717) is 22.5 Å². The first-order valence-electron chi connectivity index (χ1n) is 7.55. The number of hydrogen-bond acceptors (Lipinski definition) is 3. The number of amides is 3. The van der Waals surface area contributed by atoms with Gasteiger partial charge in [0, 0.05) is 22.6 Å². The third kappa shape index (κ3) is 7.68. The Hall–Kier alpha value is -1.30. The van der Waals surface area contributed by atoms with Crippen LogP contribution >= 0.6 is 23.2 Å². The lowest BCUT2D eigenvalue weighted by molar-refractivity contribution is -0.119. The van der Waals surface area contributed by atoms with Crippen molar-refractivity contribution >= 4 is 35.1 Å². The molecule has 3 amide bonds. The highest BCUT2D eigenvalue weighted by molar-refractivity contribution is 6.35. The number of rotatable bonds is 7. The minimum atomic E-state index is -0.477. The first-order chi connectivity index (χ1) is 10.8. The molecule has 1 atom stereocenters. The first kappa shape index (κ1) is 19.7. The van der Waals surface area contributed by atoms with Crippen molar-refractivity contribution in [2.45, 2.75) is 33.2 Å². The number of nitrogens with one attached hydrogen (secondary N) is 3. The Kier molecular flexibility index (Phi) is 8.37. The fourth-order valence-corrected chi connectivity index (χ4v) is 2.47. The molecule has 0 radical (unpaired) electrons. The van der Waals surface area contributed by atoms with Crippen LogP contribution in [0.5, 0.6) is 0 Å². The Morgan fingerprint density at radius 2 is 1.87 bits per heavy atom. The zero-order chi connectivity index (χ0) is 17.4. The summed E-state index contributed by atoms with van der Waals surface area (Å²) >= 11 is 12.0. The molecule has 0 saturated carbocycles. The smallest absolute Gasteiger partial charge is 0.321 e. The monoisotopic (exact) mass is 359 g/mol. The predicted octanol–water partition coefficient (Wildman–Crippen LogP) is 3.52. The van der Waals surface area contributed by atoms with E-state index >= 15 is 0 Å². The molecule has 7 heteroatoms. The van der Waals surface area contributed by atoms with E-state index in [0.717, 1.165) is 12.0 Å². The summed E-state index contributed by atoms with van der Waals surface area (Å²) in [6, 6.07) is 4.57. The van der Waals surface area contributed by atoms with Crippen LogP contribution in [0.2, 0.25) is 10.0 Å². The number of hydrogen-bond donors (Lipinski definition) is 3. The topological polar surface area (TPSA) is 70.2 Å². The molecule has 1 aromatic carbocycles. The van der Waals surface area contributed by atoms with E-state index in [1.807, 2.05) is 6.92 Å². The van der Waals surface area contributed by atoms with Crippen LogP contribution in [-0.2, 0) is 4.79 Å². The molecule has 0 aliphatic heterocycles. The predicted molar refractivity (Wildman–Crippen MR) is 93.9 cm³/mol. The quantitative estimate of drug-likeness (QED) is 0.697. The summed E-state index contributed by atoms with van der Waals surface area (Å²) in [5, 5.41) is 9.03. The van der Waals surface area contributed by atoms with Gasteiger partial charge in [0.1, 0.15) is 0 Å². The Morgan fingerprint density at radius 1 is 1.17 bits per heavy atom. The van der Waals surface area contributed by atoms with Gasteiger partial charge < -0.3 is 10.6 Å². The second-order valence-corrected chi connectivity index (χ2v) is 6.60. The minimum Gasteiger partial charge on any atom is -0.338 e. The summed E-state index contributed by atoms with van der Waals surface area (Å²) in [6.45, 7) is 6.57. The van der Waals surface area contributed by atoms with Crippen molar-refractivity contribution in [3.63, 3.8) is 0 Å². The van der Waals surface area contributed by atoms with Gasteiger partial charge in [-0.2, -0.15) is 0 Å². The van der Waals surface area contributed by atoms with Crippen LogP contribution in [0.3, 0.4) is 0 Å². The second kappa shape index (κ2) is 9.75. The van der Waals surface area contributed by atoms with Gasteiger partial charge >= 0.3 is 6.03 Å². The molecular weight excluding hydrogens is 337 g/mol. The molecule has 0 saturated heterocycles. The fourth-order valence-electron chi connectivity index (χ4n) is 1.90. The van der Waals surface area contributed by atoms with E-state index in [9.17, 15) is 9.59 Å². The molecular formula is C16H23Cl2N3O2. The summed E-state index contributed by atoms with van der Waals surface area (Å²) in [7, 11) is 0. The van der Waals surface area contributed by atoms with Crippen molar-refractivity contribution in [3.8, 4) is 0 Å². The van der Waals surface area contributed by atoms with Gasteiger partial charge in [-0.3, -0.25) is 10.1 Å². The number of benzene rings is 1. The number of carbonyl (C=O) groups excluding carboxylic acids is 2. The highest BCUT2D eigenvalue weighted by Crippen LogP contribution is 2.25. The number of imide groups is 1. The number of carbonyl (C=O) groups is 2. The molecule has 0 spiro atoms. The SMILES string of the molecule is CC(C)CCNC(=O)NC(=O)CN[C@@H](C)c1ccc(Cl)cc1Cl. The lowest BCUT2D eigenvalue weighted by atomic mass is 10.1. The Balaban J connectivity index is 2.36. The highest BCUT2D eigenvalue weighted by atomic mass is 35.5. The van der Waals surface area contributed by atoms with Gasteiger partial charge in [-0.25, -0.2) is 4.79 Å². The second-order valence-electron chi connectivity index (χ2n) is 5.76. The van der Waals surface area contributed by atoms with Gasteiger partial charge in [-0.1, -0.05) is 43.1 Å². The van der Waals surface area contributed by atoms with Crippen molar-refractivity contribution < 1.29 is 9.59 Å². The van der Waals surface area contributed by atoms with Crippen LogP contribution < -0.4 is 16.0 Å². The van der Waals surface area contributed by atoms with Gasteiger partial charge in [0.05, 0.1) is 6.54 Å². The zero-order valence-corrected chi connectivity index (χ0v) is 15.1. The maximum atomic E-state index is 11.7. The van der Waals surface area contributed by atoms with E-state index in [1.54, 1.807) is 18.2 Å². The molecule has 128 valence electrons. The fraction of sp³-hybridized carbons (Fsp3) is 0.500. The Labute approximate surface area is 147 Å². The van der Waals surface area contributed by atoms with Gasteiger partial charge in [-0.05, 0) is 37.0 Å². The van der Waals surface area contributed by atoms with Crippen LogP contribution in [0.25, 0.3) is 0 Å². The molecule has 0 aliphatic rings. The van der Waals surface area contributed by atoms with E-state index in [-0.39, 0.29) is 12.6 Å². The van der Waals surface area contributed by atoms with Crippen LogP contribution in [0.15, 0.2) is 18.2 Å². The van der Waals surface area contributed by atoms with E-state index in [4.69, 9.17) is 23.2 Å². The van der Waals surface area contributed by atoms with Crippen molar-refractivity contribution in [2.75, 3.05) is 13.1 Å². The van der Waals surface area contributed by atoms with Crippen molar-refractivity contribution in [3.05, 3.63) is 33.8 Å². The third-order valence-corrected chi connectivity index (χ3v) is 3.82. The van der Waals surface area contributed by atoms with Crippen molar-refractivity contribution in [2.24, 2.45) is 5.92 Å². The molecule has 0 aliphatic carbocycles. The average Bonchev–Trinajstić information content (AvgIpc) is 2.44. The molecule has 23 heavy (non-hydrogen) atoms. The average molecular weight is 360 g/mol. The van der Waals surface area contributed by atoms with E-state index in [1.165, 1.54) is 0 Å². The molecule has 0 fully saturated rings. The maximum Gasteiger partial charge on any atom is 0.321 e. The zero-order valence-electron chi connectivity index (χ0n) is 13.6. The molecule has 1 rings (SSSR count). The standard InChI is InChI=1S/C16H23Cl2N3O2/c1-10(2)6-7-19-16(23)21-15(22)9-20-11(3)13-5-4-12(17)8-14(13)18/h4-5,8,10-11,20H,6-7,9H2,1-3H3,(H2,19,21,22,23)/t11-/m0/s1. The number of urea groups is 1. The van der Waals surface area contributed by atoms with Crippen LogP contribution in [-0.4, -0.2) is 25.0 Å². The summed E-state index contributed by atoms with van der Waals surface area (Å²) in [6.07, 6.45) is 0.867. The normalized spacial score (nSPS) is 12.1. The molecule has 0 bridgehead atoms. The maximum absolute atomic E-state index is 11.7. The third-order valence-electron chi connectivity index (χ3n) is 3.26. The van der Waals surface area contributed by atoms with Crippen LogP contribution in [0.4, 0.5) is 4.79 Å². The van der Waals surface area contributed by atoms with Crippen LogP contribution in [0, 0.1) is 5.92 Å². The van der Waals surface area contributed by atoms with E-state index in [2.05, 4.69) is 29.8 Å². The number of halogens is 2. The molecule has 3 N–H and O–H groups in total. The highest BCUT2D eigenvalue weighted by Gasteiger charge is 2.12. The van der Waals surface area contributed by atoms with E-state index < -0.39 is 11.9 Å². The van der Waals surface area contributed by atoms with Gasteiger partial charge in [0.2, 0.25) is 5.91 Å². The Bertz CT molecular complexity index is 550. The molecule has 5 nitrogen and oxygen atoms in total. The first-order valence-corrected chi connectivity index (χ1v) is 8.31. The van der Waals surface area contributed by atoms with Gasteiger partial charge in [-0.15, -0.1) is 0 Å². The van der Waals surface area contributed by atoms with Gasteiger partial charge in [0.25, 0.3) is 0 Å². The molecule has 1 aromatic rings. The summed E-state index contributed by atoms with van der Waals surface area (Å²) < 4.78 is 0. The van der Waals surface area contributed by atoms with Crippen molar-refractivity contribution in [1.82, 2.24) is 16.0 Å². The van der Waals surface area contributed by atoms with Gasteiger partial charge in [0.15, 0.2) is 0 Å². The minimum absolute atomic E-state index is 0.0116. The summed E-state index contributed by atoms with van der Waals surface area (Å²) in [5.41, 5.74) is 0.838. The molecule has 0 aromatic heterocycles. The Morgan fingerprint density at radius 3 is 2.48 bits per heavy atom. The van der Waals surface area contributed by atoms with Crippen LogP contribution in [0.1, 0.15) is 38.8 Å².